The fraction of sp³-hybridized carbons (Fsp3) is 0.417. The van der Waals surface area contributed by atoms with E-state index >= 15 is 0 Å². The molecule has 3 rings (SSSR count). The third kappa shape index (κ3) is 2.02. The first-order valence-corrected chi connectivity index (χ1v) is 5.77. The van der Waals surface area contributed by atoms with Gasteiger partial charge in [-0.1, -0.05) is 0 Å². The number of halogens is 2. The Kier molecular flexibility index (Phi) is 2.55. The molecule has 2 aromatic rings. The minimum Gasteiger partial charge on any atom is -0.342 e. The molecule has 1 saturated heterocycles. The van der Waals surface area contributed by atoms with Gasteiger partial charge < -0.3 is 10.3 Å². The van der Waals surface area contributed by atoms with Gasteiger partial charge in [0.05, 0.1) is 5.52 Å². The molecule has 0 radical (unpaired) electrons. The van der Waals surface area contributed by atoms with Crippen molar-refractivity contribution in [3.05, 3.63) is 29.6 Å². The number of hydrogen-bond acceptors (Lipinski definition) is 2. The Bertz CT molecular complexity index is 544. The van der Waals surface area contributed by atoms with Crippen molar-refractivity contribution in [1.29, 1.82) is 0 Å². The Morgan fingerprint density at radius 3 is 3.00 bits per heavy atom. The van der Waals surface area contributed by atoms with Crippen LogP contribution in [0.4, 0.5) is 8.78 Å². The lowest BCUT2D eigenvalue weighted by molar-refractivity contribution is 0.565. The number of aromatic amines is 1. The van der Waals surface area contributed by atoms with Crippen LogP contribution in [0.25, 0.3) is 11.0 Å². The second-order valence-electron chi connectivity index (χ2n) is 4.53. The third-order valence-corrected chi connectivity index (χ3v) is 3.20. The maximum atomic E-state index is 13.4. The van der Waals surface area contributed by atoms with E-state index in [1.54, 1.807) is 0 Å². The van der Waals surface area contributed by atoms with E-state index in [4.69, 9.17) is 0 Å². The van der Waals surface area contributed by atoms with Gasteiger partial charge in [-0.25, -0.2) is 13.8 Å². The van der Waals surface area contributed by atoms with Gasteiger partial charge in [-0.3, -0.25) is 0 Å². The number of H-pyrrole nitrogens is 1. The summed E-state index contributed by atoms with van der Waals surface area (Å²) in [6.45, 7) is 1.99. The molecule has 0 saturated carbocycles. The number of nitrogens with one attached hydrogen (secondary N) is 2. The van der Waals surface area contributed by atoms with Crippen molar-refractivity contribution in [2.45, 2.75) is 12.8 Å². The van der Waals surface area contributed by atoms with E-state index in [1.807, 2.05) is 0 Å². The van der Waals surface area contributed by atoms with Crippen LogP contribution in [0, 0.1) is 17.6 Å². The van der Waals surface area contributed by atoms with Crippen molar-refractivity contribution in [1.82, 2.24) is 15.3 Å². The van der Waals surface area contributed by atoms with Crippen LogP contribution < -0.4 is 5.32 Å². The lowest BCUT2D eigenvalue weighted by Crippen LogP contribution is -2.11. The zero-order valence-corrected chi connectivity index (χ0v) is 9.26. The van der Waals surface area contributed by atoms with Crippen molar-refractivity contribution < 1.29 is 8.78 Å². The van der Waals surface area contributed by atoms with Crippen LogP contribution in [0.5, 0.6) is 0 Å². The minimum absolute atomic E-state index is 0.229. The number of aromatic nitrogens is 2. The maximum Gasteiger partial charge on any atom is 0.153 e. The van der Waals surface area contributed by atoms with Gasteiger partial charge in [0.25, 0.3) is 0 Å². The highest BCUT2D eigenvalue weighted by molar-refractivity contribution is 5.75. The molecule has 90 valence electrons. The fourth-order valence-corrected chi connectivity index (χ4v) is 2.35. The first-order chi connectivity index (χ1) is 8.22. The molecule has 17 heavy (non-hydrogen) atoms. The van der Waals surface area contributed by atoms with Crippen LogP contribution in [0.3, 0.4) is 0 Å². The van der Waals surface area contributed by atoms with E-state index in [1.165, 1.54) is 6.07 Å². The lowest BCUT2D eigenvalue weighted by Gasteiger charge is -2.03. The summed E-state index contributed by atoms with van der Waals surface area (Å²) in [7, 11) is 0. The van der Waals surface area contributed by atoms with Gasteiger partial charge in [-0.2, -0.15) is 0 Å². The Morgan fingerprint density at radius 1 is 1.35 bits per heavy atom. The van der Waals surface area contributed by atoms with E-state index in [2.05, 4.69) is 15.3 Å². The standard InChI is InChI=1S/C12H13F2N3/c13-8-4-9(14)12-10(5-8)16-11(17-12)3-7-1-2-15-6-7/h4-5,7,15H,1-3,6H2,(H,16,17). The number of fused-ring (bicyclic) bond motifs is 1. The Morgan fingerprint density at radius 2 is 2.24 bits per heavy atom. The quantitative estimate of drug-likeness (QED) is 0.838. The number of imidazole rings is 1. The van der Waals surface area contributed by atoms with Gasteiger partial charge in [0.2, 0.25) is 0 Å². The molecule has 1 atom stereocenters. The van der Waals surface area contributed by atoms with Gasteiger partial charge in [0, 0.05) is 12.5 Å². The lowest BCUT2D eigenvalue weighted by atomic mass is 10.1. The topological polar surface area (TPSA) is 40.7 Å². The van der Waals surface area contributed by atoms with Crippen LogP contribution in [-0.4, -0.2) is 23.1 Å². The van der Waals surface area contributed by atoms with Crippen LogP contribution in [-0.2, 0) is 6.42 Å². The van der Waals surface area contributed by atoms with Gasteiger partial charge >= 0.3 is 0 Å². The van der Waals surface area contributed by atoms with E-state index in [9.17, 15) is 8.78 Å². The van der Waals surface area contributed by atoms with Gasteiger partial charge in [-0.15, -0.1) is 0 Å². The summed E-state index contributed by atoms with van der Waals surface area (Å²) in [5.74, 6) is 0.0847. The predicted octanol–water partition coefficient (Wildman–Crippen LogP) is 1.99. The smallest absolute Gasteiger partial charge is 0.153 e. The molecule has 1 aliphatic rings. The maximum absolute atomic E-state index is 13.4. The Hall–Kier alpha value is -1.49. The molecule has 1 aromatic carbocycles. The molecule has 1 fully saturated rings. The zero-order chi connectivity index (χ0) is 11.8. The van der Waals surface area contributed by atoms with Crippen molar-refractivity contribution in [2.24, 2.45) is 5.92 Å². The summed E-state index contributed by atoms with van der Waals surface area (Å²) in [5.41, 5.74) is 0.663. The predicted molar refractivity (Wildman–Crippen MR) is 60.7 cm³/mol. The van der Waals surface area contributed by atoms with Gasteiger partial charge in [-0.05, 0) is 31.5 Å². The molecule has 0 aliphatic carbocycles. The first-order valence-electron chi connectivity index (χ1n) is 5.77. The van der Waals surface area contributed by atoms with Crippen molar-refractivity contribution in [3.63, 3.8) is 0 Å². The zero-order valence-electron chi connectivity index (χ0n) is 9.26. The molecular formula is C12H13F2N3. The van der Waals surface area contributed by atoms with Crippen LogP contribution in [0.2, 0.25) is 0 Å². The van der Waals surface area contributed by atoms with E-state index < -0.39 is 11.6 Å². The largest absolute Gasteiger partial charge is 0.342 e. The molecule has 1 aromatic heterocycles. The van der Waals surface area contributed by atoms with Crippen molar-refractivity contribution in [2.75, 3.05) is 13.1 Å². The van der Waals surface area contributed by atoms with Crippen molar-refractivity contribution >= 4 is 11.0 Å². The SMILES string of the molecule is Fc1cc(F)c2nc(CC3CCNC3)[nH]c2c1. The van der Waals surface area contributed by atoms with Crippen LogP contribution in [0.15, 0.2) is 12.1 Å². The molecule has 5 heteroatoms. The molecule has 3 nitrogen and oxygen atoms in total. The number of benzene rings is 1. The van der Waals surface area contributed by atoms with E-state index in [-0.39, 0.29) is 5.52 Å². The number of rotatable bonds is 2. The second kappa shape index (κ2) is 4.07. The summed E-state index contributed by atoms with van der Waals surface area (Å²) in [5, 5.41) is 3.27. The second-order valence-corrected chi connectivity index (χ2v) is 4.53. The third-order valence-electron chi connectivity index (χ3n) is 3.20. The first kappa shape index (κ1) is 10.7. The van der Waals surface area contributed by atoms with Crippen LogP contribution in [0.1, 0.15) is 12.2 Å². The van der Waals surface area contributed by atoms with Crippen LogP contribution >= 0.6 is 0 Å². The number of hydrogen-bond donors (Lipinski definition) is 2. The summed E-state index contributed by atoms with van der Waals surface area (Å²) in [6.07, 6.45) is 1.89. The molecule has 2 heterocycles. The van der Waals surface area contributed by atoms with Gasteiger partial charge in [0.15, 0.2) is 5.82 Å². The summed E-state index contributed by atoms with van der Waals surface area (Å²) >= 11 is 0. The monoisotopic (exact) mass is 237 g/mol. The average molecular weight is 237 g/mol. The average Bonchev–Trinajstić information content (AvgIpc) is 2.87. The molecule has 2 N–H and O–H groups in total. The summed E-state index contributed by atoms with van der Waals surface area (Å²) in [4.78, 5) is 7.18. The molecule has 1 aliphatic heterocycles. The highest BCUT2D eigenvalue weighted by Gasteiger charge is 2.17. The molecule has 1 unspecified atom stereocenters. The highest BCUT2D eigenvalue weighted by Crippen LogP contribution is 2.20. The summed E-state index contributed by atoms with van der Waals surface area (Å²) < 4.78 is 26.5. The van der Waals surface area contributed by atoms with Crippen molar-refractivity contribution in [3.8, 4) is 0 Å². The molecular weight excluding hydrogens is 224 g/mol. The van der Waals surface area contributed by atoms with E-state index in [0.29, 0.717) is 11.4 Å². The summed E-state index contributed by atoms with van der Waals surface area (Å²) in [6, 6.07) is 2.14. The minimum atomic E-state index is -0.605. The molecule has 0 amide bonds. The molecule has 0 spiro atoms. The normalized spacial score (nSPS) is 20.2. The van der Waals surface area contributed by atoms with Gasteiger partial charge in [0.1, 0.15) is 17.2 Å². The highest BCUT2D eigenvalue weighted by atomic mass is 19.1. The molecule has 0 bridgehead atoms. The number of nitrogens with zero attached hydrogens (tertiary/aromatic N) is 1. The Labute approximate surface area is 97.2 Å². The fourth-order valence-electron chi connectivity index (χ4n) is 2.35. The van der Waals surface area contributed by atoms with E-state index in [0.717, 1.165) is 37.8 Å². The Balaban J connectivity index is 1.93.